The quantitative estimate of drug-likeness (QED) is 0.888. The van der Waals surface area contributed by atoms with Crippen LogP contribution in [0.25, 0.3) is 0 Å². The average molecular weight is 267 g/mol. The molecule has 1 aromatic carbocycles. The predicted molar refractivity (Wildman–Crippen MR) is 80.6 cm³/mol. The van der Waals surface area contributed by atoms with Crippen LogP contribution in [0.5, 0.6) is 0 Å². The first kappa shape index (κ1) is 15.4. The van der Waals surface area contributed by atoms with E-state index in [1.165, 1.54) is 22.3 Å². The number of rotatable bonds is 5. The second kappa shape index (κ2) is 6.48. The van der Waals surface area contributed by atoms with Crippen LogP contribution >= 0.6 is 0 Å². The molecular formula is C15H25NOS. The van der Waals surface area contributed by atoms with Gasteiger partial charge in [0.05, 0.1) is 0 Å². The highest BCUT2D eigenvalue weighted by Crippen LogP contribution is 2.24. The Hall–Kier alpha value is -0.670. The van der Waals surface area contributed by atoms with Gasteiger partial charge in [0.15, 0.2) is 0 Å². The minimum Gasteiger partial charge on any atom is -0.312 e. The lowest BCUT2D eigenvalue weighted by atomic mass is 9.95. The molecule has 0 amide bonds. The van der Waals surface area contributed by atoms with Gasteiger partial charge in [-0.25, -0.2) is 0 Å². The van der Waals surface area contributed by atoms with Gasteiger partial charge in [-0.3, -0.25) is 4.21 Å². The summed E-state index contributed by atoms with van der Waals surface area (Å²) in [5.41, 5.74) is 5.16. The van der Waals surface area contributed by atoms with Crippen molar-refractivity contribution in [2.45, 2.75) is 45.9 Å². The zero-order valence-corrected chi connectivity index (χ0v) is 13.1. The third-order valence-electron chi connectivity index (χ3n) is 3.29. The molecule has 2 unspecified atom stereocenters. The van der Waals surface area contributed by atoms with E-state index in [0.717, 1.165) is 0 Å². The standard InChI is InChI=1S/C15H25NOS/c1-10(2)18(17)9-14(16-6)15-12(4)7-11(3)8-13(15)5/h7-8,10,14,16H,9H2,1-6H3. The first-order chi connectivity index (χ1) is 8.36. The van der Waals surface area contributed by atoms with E-state index in [4.69, 9.17) is 0 Å². The van der Waals surface area contributed by atoms with Crippen molar-refractivity contribution in [3.63, 3.8) is 0 Å². The highest BCUT2D eigenvalue weighted by Gasteiger charge is 2.19. The Labute approximate surface area is 114 Å². The molecule has 0 aliphatic heterocycles. The summed E-state index contributed by atoms with van der Waals surface area (Å²) in [6.07, 6.45) is 0. The molecule has 1 N–H and O–H groups in total. The Morgan fingerprint density at radius 1 is 1.17 bits per heavy atom. The molecule has 0 aliphatic rings. The van der Waals surface area contributed by atoms with E-state index in [-0.39, 0.29) is 11.3 Å². The molecule has 0 heterocycles. The zero-order chi connectivity index (χ0) is 13.9. The Morgan fingerprint density at radius 3 is 2.06 bits per heavy atom. The van der Waals surface area contributed by atoms with Crippen molar-refractivity contribution in [1.29, 1.82) is 0 Å². The fourth-order valence-corrected chi connectivity index (χ4v) is 3.46. The van der Waals surface area contributed by atoms with Gasteiger partial charge in [-0.2, -0.15) is 0 Å². The van der Waals surface area contributed by atoms with Gasteiger partial charge in [-0.15, -0.1) is 0 Å². The number of hydrogen-bond donors (Lipinski definition) is 1. The smallest absolute Gasteiger partial charge is 0.0439 e. The normalized spacial score (nSPS) is 14.8. The lowest BCUT2D eigenvalue weighted by molar-refractivity contribution is 0.626. The van der Waals surface area contributed by atoms with Crippen LogP contribution in [0, 0.1) is 20.8 Å². The molecule has 2 nitrogen and oxygen atoms in total. The molecule has 1 rings (SSSR count). The first-order valence-corrected chi connectivity index (χ1v) is 7.87. The van der Waals surface area contributed by atoms with E-state index in [1.54, 1.807) is 0 Å². The van der Waals surface area contributed by atoms with Crippen molar-refractivity contribution in [3.8, 4) is 0 Å². The molecule has 1 aromatic rings. The minimum absolute atomic E-state index is 0.175. The third kappa shape index (κ3) is 3.66. The lowest BCUT2D eigenvalue weighted by Gasteiger charge is -2.22. The van der Waals surface area contributed by atoms with Crippen molar-refractivity contribution >= 4 is 10.8 Å². The largest absolute Gasteiger partial charge is 0.312 e. The summed E-state index contributed by atoms with van der Waals surface area (Å²) < 4.78 is 12.0. The second-order valence-corrected chi connectivity index (χ2v) is 7.29. The van der Waals surface area contributed by atoms with Crippen LogP contribution in [0.3, 0.4) is 0 Å². The van der Waals surface area contributed by atoms with Crippen LogP contribution < -0.4 is 5.32 Å². The van der Waals surface area contributed by atoms with Crippen molar-refractivity contribution in [3.05, 3.63) is 34.4 Å². The third-order valence-corrected chi connectivity index (χ3v) is 5.01. The molecule has 0 saturated carbocycles. The first-order valence-electron chi connectivity index (χ1n) is 6.49. The van der Waals surface area contributed by atoms with E-state index in [9.17, 15) is 4.21 Å². The molecule has 2 atom stereocenters. The van der Waals surface area contributed by atoms with E-state index in [1.807, 2.05) is 20.9 Å². The van der Waals surface area contributed by atoms with Gasteiger partial charge in [-0.05, 0) is 44.5 Å². The van der Waals surface area contributed by atoms with Crippen molar-refractivity contribution in [2.24, 2.45) is 0 Å². The fourth-order valence-electron chi connectivity index (χ4n) is 2.41. The second-order valence-electron chi connectivity index (χ2n) is 5.25. The number of hydrogen-bond acceptors (Lipinski definition) is 2. The summed E-state index contributed by atoms with van der Waals surface area (Å²) in [6, 6.07) is 4.57. The Morgan fingerprint density at radius 2 is 1.67 bits per heavy atom. The maximum absolute atomic E-state index is 12.0. The molecule has 3 heteroatoms. The maximum atomic E-state index is 12.0. The molecule has 0 aromatic heterocycles. The van der Waals surface area contributed by atoms with E-state index in [0.29, 0.717) is 5.75 Å². The fraction of sp³-hybridized carbons (Fsp3) is 0.600. The van der Waals surface area contributed by atoms with Gasteiger partial charge in [-0.1, -0.05) is 31.5 Å². The summed E-state index contributed by atoms with van der Waals surface area (Å²) >= 11 is 0. The summed E-state index contributed by atoms with van der Waals surface area (Å²) in [6.45, 7) is 10.4. The summed E-state index contributed by atoms with van der Waals surface area (Å²) in [5.74, 6) is 0.679. The summed E-state index contributed by atoms with van der Waals surface area (Å²) in [5, 5.41) is 3.53. The molecule has 0 spiro atoms. The van der Waals surface area contributed by atoms with Gasteiger partial charge < -0.3 is 5.32 Å². The topological polar surface area (TPSA) is 29.1 Å². The maximum Gasteiger partial charge on any atom is 0.0439 e. The SMILES string of the molecule is CNC(CS(=O)C(C)C)c1c(C)cc(C)cc1C. The monoisotopic (exact) mass is 267 g/mol. The molecule has 18 heavy (non-hydrogen) atoms. The van der Waals surface area contributed by atoms with Crippen LogP contribution in [0.4, 0.5) is 0 Å². The Bertz CT molecular complexity index is 417. The van der Waals surface area contributed by atoms with Gasteiger partial charge in [0.25, 0.3) is 0 Å². The molecular weight excluding hydrogens is 242 g/mol. The molecule has 102 valence electrons. The lowest BCUT2D eigenvalue weighted by Crippen LogP contribution is -2.27. The van der Waals surface area contributed by atoms with Crippen molar-refractivity contribution in [2.75, 3.05) is 12.8 Å². The van der Waals surface area contributed by atoms with E-state index >= 15 is 0 Å². The molecule has 0 fully saturated rings. The van der Waals surface area contributed by atoms with Gasteiger partial charge in [0, 0.05) is 27.8 Å². The Kier molecular flexibility index (Phi) is 5.54. The molecule has 0 aliphatic carbocycles. The van der Waals surface area contributed by atoms with Crippen LogP contribution in [-0.2, 0) is 10.8 Å². The Balaban J connectivity index is 3.06. The van der Waals surface area contributed by atoms with Gasteiger partial charge >= 0.3 is 0 Å². The molecule has 0 radical (unpaired) electrons. The molecule has 0 saturated heterocycles. The summed E-state index contributed by atoms with van der Waals surface area (Å²) in [7, 11) is 1.16. The van der Waals surface area contributed by atoms with Gasteiger partial charge in [0.1, 0.15) is 0 Å². The highest BCUT2D eigenvalue weighted by atomic mass is 32.2. The van der Waals surface area contributed by atoms with Crippen molar-refractivity contribution < 1.29 is 4.21 Å². The average Bonchev–Trinajstić information content (AvgIpc) is 2.25. The van der Waals surface area contributed by atoms with Crippen LogP contribution in [0.15, 0.2) is 12.1 Å². The zero-order valence-electron chi connectivity index (χ0n) is 12.3. The van der Waals surface area contributed by atoms with Crippen LogP contribution in [-0.4, -0.2) is 22.3 Å². The van der Waals surface area contributed by atoms with Crippen molar-refractivity contribution in [1.82, 2.24) is 5.32 Å². The number of aryl methyl sites for hydroxylation is 3. The minimum atomic E-state index is -0.787. The van der Waals surface area contributed by atoms with E-state index in [2.05, 4.69) is 38.2 Å². The number of nitrogens with one attached hydrogen (secondary N) is 1. The van der Waals surface area contributed by atoms with E-state index < -0.39 is 10.8 Å². The highest BCUT2D eigenvalue weighted by molar-refractivity contribution is 7.85. The predicted octanol–water partition coefficient (Wildman–Crippen LogP) is 3.03. The molecule has 0 bridgehead atoms. The summed E-state index contributed by atoms with van der Waals surface area (Å²) in [4.78, 5) is 0. The van der Waals surface area contributed by atoms with Gasteiger partial charge in [0.2, 0.25) is 0 Å². The number of benzene rings is 1. The van der Waals surface area contributed by atoms with Crippen LogP contribution in [0.1, 0.15) is 42.1 Å². The van der Waals surface area contributed by atoms with Crippen LogP contribution in [0.2, 0.25) is 0 Å².